The number of hydrogen-bond acceptors (Lipinski definition) is 3. The third kappa shape index (κ3) is 3.12. The minimum absolute atomic E-state index is 0.178. The summed E-state index contributed by atoms with van der Waals surface area (Å²) in [6.07, 6.45) is 3.20. The lowest BCUT2D eigenvalue weighted by Crippen LogP contribution is -2.15. The van der Waals surface area contributed by atoms with Crippen molar-refractivity contribution in [1.82, 2.24) is 4.98 Å². The molecule has 4 nitrogen and oxygen atoms in total. The second-order valence-electron chi connectivity index (χ2n) is 4.08. The largest absolute Gasteiger partial charge is 0.387 e. The van der Waals surface area contributed by atoms with Crippen molar-refractivity contribution in [2.45, 2.75) is 6.92 Å². The molecule has 5 heteroatoms. The van der Waals surface area contributed by atoms with Crippen LogP contribution in [0.4, 0.5) is 11.4 Å². The summed E-state index contributed by atoms with van der Waals surface area (Å²) in [6.45, 7) is 1.95. The Labute approximate surface area is 120 Å². The summed E-state index contributed by atoms with van der Waals surface area (Å²) >= 11 is 3.40. The van der Waals surface area contributed by atoms with Gasteiger partial charge in [0.1, 0.15) is 0 Å². The van der Waals surface area contributed by atoms with E-state index in [1.165, 1.54) is 0 Å². The first-order valence-electron chi connectivity index (χ1n) is 5.81. The van der Waals surface area contributed by atoms with Crippen molar-refractivity contribution in [3.8, 4) is 0 Å². The van der Waals surface area contributed by atoms with Crippen LogP contribution in [0.1, 0.15) is 15.9 Å². The molecule has 1 heterocycles. The summed E-state index contributed by atoms with van der Waals surface area (Å²) < 4.78 is 0.986. The number of aryl methyl sites for hydroxylation is 1. The van der Waals surface area contributed by atoms with Gasteiger partial charge < -0.3 is 10.6 Å². The molecule has 0 saturated heterocycles. The van der Waals surface area contributed by atoms with Crippen LogP contribution in [0.15, 0.2) is 41.1 Å². The molecule has 0 saturated carbocycles. The highest BCUT2D eigenvalue weighted by atomic mass is 79.9. The Balaban J connectivity index is 2.26. The summed E-state index contributed by atoms with van der Waals surface area (Å²) in [7, 11) is 1.77. The molecule has 1 aromatic heterocycles. The van der Waals surface area contributed by atoms with Gasteiger partial charge in [-0.1, -0.05) is 15.9 Å². The number of hydrogen-bond donors (Lipinski definition) is 2. The number of nitrogens with zero attached hydrogens (tertiary/aromatic N) is 1. The number of carbonyl (C=O) groups is 1. The SMILES string of the molecule is CNc1ccncc1C(=O)Nc1ccc(Br)cc1C. The van der Waals surface area contributed by atoms with E-state index in [-0.39, 0.29) is 5.91 Å². The fourth-order valence-corrected chi connectivity index (χ4v) is 2.23. The van der Waals surface area contributed by atoms with Crippen molar-refractivity contribution >= 4 is 33.2 Å². The zero-order chi connectivity index (χ0) is 13.8. The Morgan fingerprint density at radius 2 is 2.05 bits per heavy atom. The second-order valence-corrected chi connectivity index (χ2v) is 5.00. The average Bonchev–Trinajstić information content (AvgIpc) is 2.41. The van der Waals surface area contributed by atoms with Gasteiger partial charge >= 0.3 is 0 Å². The summed E-state index contributed by atoms with van der Waals surface area (Å²) in [5.41, 5.74) is 3.06. The molecule has 0 aliphatic heterocycles. The van der Waals surface area contributed by atoms with Crippen LogP contribution < -0.4 is 10.6 Å². The van der Waals surface area contributed by atoms with Crippen LogP contribution in [0.25, 0.3) is 0 Å². The Hall–Kier alpha value is -1.88. The number of pyridine rings is 1. The molecule has 1 amide bonds. The highest BCUT2D eigenvalue weighted by Gasteiger charge is 2.12. The first-order valence-corrected chi connectivity index (χ1v) is 6.60. The van der Waals surface area contributed by atoms with E-state index in [9.17, 15) is 4.79 Å². The van der Waals surface area contributed by atoms with E-state index in [4.69, 9.17) is 0 Å². The van der Waals surface area contributed by atoms with Crippen molar-refractivity contribution in [1.29, 1.82) is 0 Å². The van der Waals surface area contributed by atoms with Crippen molar-refractivity contribution in [2.75, 3.05) is 17.7 Å². The highest BCUT2D eigenvalue weighted by molar-refractivity contribution is 9.10. The molecule has 1 aromatic carbocycles. The molecule has 2 N–H and O–H groups in total. The van der Waals surface area contributed by atoms with E-state index in [1.54, 1.807) is 25.5 Å². The quantitative estimate of drug-likeness (QED) is 0.911. The summed E-state index contributed by atoms with van der Waals surface area (Å²) in [4.78, 5) is 16.2. The molecule has 2 aromatic rings. The predicted molar refractivity (Wildman–Crippen MR) is 80.6 cm³/mol. The van der Waals surface area contributed by atoms with Crippen LogP contribution in [0, 0.1) is 6.92 Å². The van der Waals surface area contributed by atoms with Crippen LogP contribution in [0.2, 0.25) is 0 Å². The molecule has 0 spiro atoms. The second kappa shape index (κ2) is 5.84. The van der Waals surface area contributed by atoms with Crippen LogP contribution in [-0.4, -0.2) is 17.9 Å². The fourth-order valence-electron chi connectivity index (χ4n) is 1.75. The van der Waals surface area contributed by atoms with Gasteiger partial charge in [-0.25, -0.2) is 0 Å². The number of halogens is 1. The smallest absolute Gasteiger partial charge is 0.259 e. The molecule has 0 aliphatic rings. The first kappa shape index (κ1) is 13.5. The predicted octanol–water partition coefficient (Wildman–Crippen LogP) is 3.45. The Morgan fingerprint density at radius 1 is 1.26 bits per heavy atom. The lowest BCUT2D eigenvalue weighted by molar-refractivity contribution is 0.102. The van der Waals surface area contributed by atoms with Gasteiger partial charge in [-0.15, -0.1) is 0 Å². The van der Waals surface area contributed by atoms with Gasteiger partial charge in [-0.05, 0) is 36.8 Å². The number of carbonyl (C=O) groups excluding carboxylic acids is 1. The maximum Gasteiger partial charge on any atom is 0.259 e. The zero-order valence-corrected chi connectivity index (χ0v) is 12.3. The number of aromatic nitrogens is 1. The molecule has 0 atom stereocenters. The van der Waals surface area contributed by atoms with Gasteiger partial charge in [0, 0.05) is 35.3 Å². The lowest BCUT2D eigenvalue weighted by Gasteiger charge is -2.11. The van der Waals surface area contributed by atoms with Crippen molar-refractivity contribution in [3.63, 3.8) is 0 Å². The Morgan fingerprint density at radius 3 is 2.74 bits per heavy atom. The number of rotatable bonds is 3. The molecule has 0 radical (unpaired) electrons. The molecule has 0 fully saturated rings. The summed E-state index contributed by atoms with van der Waals surface area (Å²) in [6, 6.07) is 7.48. The molecular formula is C14H14BrN3O. The van der Waals surface area contributed by atoms with Crippen LogP contribution in [0.3, 0.4) is 0 Å². The molecule has 0 bridgehead atoms. The van der Waals surface area contributed by atoms with E-state index in [1.807, 2.05) is 25.1 Å². The topological polar surface area (TPSA) is 54.0 Å². The van der Waals surface area contributed by atoms with E-state index >= 15 is 0 Å². The Kier molecular flexibility index (Phi) is 4.16. The average molecular weight is 320 g/mol. The van der Waals surface area contributed by atoms with Crippen LogP contribution in [0.5, 0.6) is 0 Å². The fraction of sp³-hybridized carbons (Fsp3) is 0.143. The number of anilines is 2. The molecular weight excluding hydrogens is 306 g/mol. The van der Waals surface area contributed by atoms with Gasteiger partial charge in [0.2, 0.25) is 0 Å². The number of amides is 1. The van der Waals surface area contributed by atoms with Gasteiger partial charge in [0.05, 0.1) is 5.56 Å². The number of nitrogens with one attached hydrogen (secondary N) is 2. The van der Waals surface area contributed by atoms with Crippen molar-refractivity contribution < 1.29 is 4.79 Å². The zero-order valence-electron chi connectivity index (χ0n) is 10.7. The third-order valence-corrected chi connectivity index (χ3v) is 3.26. The van der Waals surface area contributed by atoms with E-state index < -0.39 is 0 Å². The van der Waals surface area contributed by atoms with Crippen LogP contribution in [-0.2, 0) is 0 Å². The minimum Gasteiger partial charge on any atom is -0.387 e. The van der Waals surface area contributed by atoms with Gasteiger partial charge in [-0.2, -0.15) is 0 Å². The third-order valence-electron chi connectivity index (χ3n) is 2.77. The van der Waals surface area contributed by atoms with E-state index in [0.717, 1.165) is 21.4 Å². The maximum atomic E-state index is 12.2. The molecule has 2 rings (SSSR count). The van der Waals surface area contributed by atoms with E-state index in [0.29, 0.717) is 5.56 Å². The maximum absolute atomic E-state index is 12.2. The molecule has 0 aliphatic carbocycles. The molecule has 0 unspecified atom stereocenters. The first-order chi connectivity index (χ1) is 9.11. The molecule has 98 valence electrons. The lowest BCUT2D eigenvalue weighted by atomic mass is 10.1. The normalized spacial score (nSPS) is 10.1. The van der Waals surface area contributed by atoms with E-state index in [2.05, 4.69) is 31.5 Å². The Bertz CT molecular complexity index is 613. The summed E-state index contributed by atoms with van der Waals surface area (Å²) in [5, 5.41) is 5.87. The highest BCUT2D eigenvalue weighted by Crippen LogP contribution is 2.21. The van der Waals surface area contributed by atoms with Crippen molar-refractivity contribution in [2.24, 2.45) is 0 Å². The monoisotopic (exact) mass is 319 g/mol. The number of benzene rings is 1. The van der Waals surface area contributed by atoms with Crippen LogP contribution >= 0.6 is 15.9 Å². The van der Waals surface area contributed by atoms with Gasteiger partial charge in [-0.3, -0.25) is 9.78 Å². The van der Waals surface area contributed by atoms with Gasteiger partial charge in [0.15, 0.2) is 0 Å². The van der Waals surface area contributed by atoms with Gasteiger partial charge in [0.25, 0.3) is 5.91 Å². The minimum atomic E-state index is -0.178. The summed E-state index contributed by atoms with van der Waals surface area (Å²) in [5.74, 6) is -0.178. The molecule has 19 heavy (non-hydrogen) atoms. The standard InChI is InChI=1S/C14H14BrN3O/c1-9-7-10(15)3-4-12(9)18-14(19)11-8-17-6-5-13(11)16-2/h3-8H,1-2H3,(H,16,17)(H,18,19). The van der Waals surface area contributed by atoms with Crippen molar-refractivity contribution in [3.05, 3.63) is 52.3 Å².